The van der Waals surface area contributed by atoms with E-state index in [0.29, 0.717) is 5.56 Å². The molecule has 0 spiro atoms. The summed E-state index contributed by atoms with van der Waals surface area (Å²) >= 11 is 0. The van der Waals surface area contributed by atoms with E-state index in [9.17, 15) is 9.82 Å². The zero-order valence-electron chi connectivity index (χ0n) is 8.33. The van der Waals surface area contributed by atoms with Crippen molar-refractivity contribution in [3.63, 3.8) is 0 Å². The molecule has 0 radical (unpaired) electrons. The number of carboxylic acid groups (broad SMARTS) is 1. The Balaban J connectivity index is 2.52. The van der Waals surface area contributed by atoms with Crippen LogP contribution in [-0.4, -0.2) is 39.9 Å². The van der Waals surface area contributed by atoms with Gasteiger partial charge in [0.05, 0.1) is 0 Å². The SMILES string of the molecule is O=C(O)c1nccc2c1OB(O)CC2CO. The highest BCUT2D eigenvalue weighted by Gasteiger charge is 2.34. The number of aliphatic hydroxyl groups is 1. The third-order valence-corrected chi connectivity index (χ3v) is 2.54. The van der Waals surface area contributed by atoms with E-state index in [2.05, 4.69) is 4.98 Å². The van der Waals surface area contributed by atoms with Gasteiger partial charge in [0.15, 0.2) is 5.69 Å². The Kier molecular flexibility index (Phi) is 2.80. The summed E-state index contributed by atoms with van der Waals surface area (Å²) < 4.78 is 5.06. The number of hydrogen-bond acceptors (Lipinski definition) is 5. The summed E-state index contributed by atoms with van der Waals surface area (Å²) in [5.41, 5.74) is 0.329. The fourth-order valence-electron chi connectivity index (χ4n) is 1.79. The molecule has 1 atom stereocenters. The van der Waals surface area contributed by atoms with Gasteiger partial charge in [-0.3, -0.25) is 0 Å². The summed E-state index contributed by atoms with van der Waals surface area (Å²) in [6.07, 6.45) is 1.60. The van der Waals surface area contributed by atoms with E-state index >= 15 is 0 Å². The Morgan fingerprint density at radius 3 is 3.06 bits per heavy atom. The van der Waals surface area contributed by atoms with E-state index in [-0.39, 0.29) is 30.3 Å². The summed E-state index contributed by atoms with van der Waals surface area (Å²) in [5.74, 6) is -1.49. The monoisotopic (exact) mass is 223 g/mol. The van der Waals surface area contributed by atoms with E-state index in [0.717, 1.165) is 0 Å². The number of aliphatic hydroxyl groups excluding tert-OH is 1. The summed E-state index contributed by atoms with van der Waals surface area (Å²) in [4.78, 5) is 14.6. The van der Waals surface area contributed by atoms with Gasteiger partial charge in [-0.25, -0.2) is 9.78 Å². The van der Waals surface area contributed by atoms with Gasteiger partial charge in [-0.1, -0.05) is 0 Å². The van der Waals surface area contributed by atoms with Crippen LogP contribution >= 0.6 is 0 Å². The van der Waals surface area contributed by atoms with Crippen molar-refractivity contribution in [2.24, 2.45) is 0 Å². The van der Waals surface area contributed by atoms with E-state index in [1.165, 1.54) is 6.20 Å². The second-order valence-electron chi connectivity index (χ2n) is 3.57. The highest BCUT2D eigenvalue weighted by atomic mass is 16.5. The lowest BCUT2D eigenvalue weighted by atomic mass is 9.72. The summed E-state index contributed by atoms with van der Waals surface area (Å²) in [7, 11) is -1.10. The number of aromatic nitrogens is 1. The first-order chi connectivity index (χ1) is 7.63. The Labute approximate surface area is 91.7 Å². The Morgan fingerprint density at radius 2 is 2.44 bits per heavy atom. The molecular weight excluding hydrogens is 213 g/mol. The summed E-state index contributed by atoms with van der Waals surface area (Å²) in [6, 6.07) is 1.59. The first kappa shape index (κ1) is 10.9. The molecular formula is C9H10BNO5. The van der Waals surface area contributed by atoms with Crippen LogP contribution < -0.4 is 4.65 Å². The molecule has 0 fully saturated rings. The van der Waals surface area contributed by atoms with Crippen LogP contribution in [0.2, 0.25) is 6.32 Å². The van der Waals surface area contributed by atoms with Gasteiger partial charge in [0.25, 0.3) is 0 Å². The van der Waals surface area contributed by atoms with E-state index in [1.54, 1.807) is 6.07 Å². The lowest BCUT2D eigenvalue weighted by Crippen LogP contribution is -2.32. The van der Waals surface area contributed by atoms with Crippen LogP contribution in [0.25, 0.3) is 0 Å². The van der Waals surface area contributed by atoms with Crippen molar-refractivity contribution < 1.29 is 24.7 Å². The Hall–Kier alpha value is -1.60. The average Bonchev–Trinajstić information content (AvgIpc) is 2.26. The van der Waals surface area contributed by atoms with Crippen LogP contribution in [0.1, 0.15) is 22.0 Å². The molecule has 3 N–H and O–H groups in total. The van der Waals surface area contributed by atoms with Crippen LogP contribution in [0.5, 0.6) is 5.75 Å². The maximum atomic E-state index is 10.9. The number of aromatic carboxylic acids is 1. The molecule has 1 aromatic heterocycles. The number of carbonyl (C=O) groups is 1. The van der Waals surface area contributed by atoms with E-state index in [4.69, 9.17) is 14.9 Å². The number of hydrogen-bond donors (Lipinski definition) is 3. The quantitative estimate of drug-likeness (QED) is 0.596. The predicted molar refractivity (Wildman–Crippen MR) is 54.4 cm³/mol. The van der Waals surface area contributed by atoms with E-state index in [1.807, 2.05) is 0 Å². The molecule has 0 amide bonds. The van der Waals surface area contributed by atoms with Crippen LogP contribution in [0.3, 0.4) is 0 Å². The van der Waals surface area contributed by atoms with Crippen molar-refractivity contribution in [3.8, 4) is 5.75 Å². The lowest BCUT2D eigenvalue weighted by molar-refractivity contribution is 0.0687. The van der Waals surface area contributed by atoms with Gasteiger partial charge in [0.1, 0.15) is 5.75 Å². The number of rotatable bonds is 2. The number of nitrogens with zero attached hydrogens (tertiary/aromatic N) is 1. The topological polar surface area (TPSA) is 99.9 Å². The second-order valence-corrected chi connectivity index (χ2v) is 3.57. The lowest BCUT2D eigenvalue weighted by Gasteiger charge is -2.26. The normalized spacial score (nSPS) is 18.9. The highest BCUT2D eigenvalue weighted by Crippen LogP contribution is 2.36. The van der Waals surface area contributed by atoms with Crippen molar-refractivity contribution >= 4 is 13.1 Å². The number of fused-ring (bicyclic) bond motifs is 1. The second kappa shape index (κ2) is 4.11. The van der Waals surface area contributed by atoms with Crippen molar-refractivity contribution in [3.05, 3.63) is 23.5 Å². The standard InChI is InChI=1S/C9H10BNO5/c12-4-5-3-10(15)16-8-6(5)1-2-11-7(8)9(13)14/h1-2,5,12,15H,3-4H2,(H,13,14). The first-order valence-electron chi connectivity index (χ1n) is 4.81. The highest BCUT2D eigenvalue weighted by molar-refractivity contribution is 6.44. The molecule has 16 heavy (non-hydrogen) atoms. The molecule has 0 saturated heterocycles. The first-order valence-corrected chi connectivity index (χ1v) is 4.81. The molecule has 2 heterocycles. The molecule has 0 bridgehead atoms. The minimum absolute atomic E-state index is 0.0489. The van der Waals surface area contributed by atoms with Gasteiger partial charge in [-0.2, -0.15) is 0 Å². The summed E-state index contributed by atoms with van der Waals surface area (Å²) in [5, 5.41) is 27.5. The number of pyridine rings is 1. The maximum absolute atomic E-state index is 10.9. The Morgan fingerprint density at radius 1 is 1.69 bits per heavy atom. The molecule has 1 aromatic rings. The minimum Gasteiger partial charge on any atom is -0.534 e. The molecule has 1 aliphatic rings. The molecule has 1 aliphatic heterocycles. The maximum Gasteiger partial charge on any atom is 0.523 e. The van der Waals surface area contributed by atoms with Crippen molar-refractivity contribution in [2.75, 3.05) is 6.61 Å². The molecule has 1 unspecified atom stereocenters. The van der Waals surface area contributed by atoms with Crippen molar-refractivity contribution in [2.45, 2.75) is 12.2 Å². The molecule has 84 valence electrons. The zero-order chi connectivity index (χ0) is 11.7. The van der Waals surface area contributed by atoms with Crippen molar-refractivity contribution in [1.82, 2.24) is 4.98 Å². The molecule has 0 aliphatic carbocycles. The molecule has 0 saturated carbocycles. The van der Waals surface area contributed by atoms with Crippen molar-refractivity contribution in [1.29, 1.82) is 0 Å². The van der Waals surface area contributed by atoms with Gasteiger partial charge >= 0.3 is 13.1 Å². The minimum atomic E-state index is -1.22. The third kappa shape index (κ3) is 1.75. The van der Waals surface area contributed by atoms with Gasteiger partial charge < -0.3 is 19.9 Å². The smallest absolute Gasteiger partial charge is 0.523 e. The Bertz CT molecular complexity index is 424. The zero-order valence-corrected chi connectivity index (χ0v) is 8.33. The molecule has 7 heteroatoms. The largest absolute Gasteiger partial charge is 0.534 e. The molecule has 6 nitrogen and oxygen atoms in total. The van der Waals surface area contributed by atoms with Crippen LogP contribution in [0.4, 0.5) is 0 Å². The fraction of sp³-hybridized carbons (Fsp3) is 0.333. The van der Waals surface area contributed by atoms with E-state index < -0.39 is 13.1 Å². The third-order valence-electron chi connectivity index (χ3n) is 2.54. The van der Waals surface area contributed by atoms with Gasteiger partial charge in [0.2, 0.25) is 0 Å². The molecule has 0 aromatic carbocycles. The van der Waals surface area contributed by atoms with Gasteiger partial charge in [-0.15, -0.1) is 0 Å². The fourth-order valence-corrected chi connectivity index (χ4v) is 1.79. The van der Waals surface area contributed by atoms with Crippen LogP contribution in [0, 0.1) is 0 Å². The van der Waals surface area contributed by atoms with Crippen LogP contribution in [-0.2, 0) is 0 Å². The summed E-state index contributed by atoms with van der Waals surface area (Å²) in [6.45, 7) is -0.170. The van der Waals surface area contributed by atoms with Crippen LogP contribution in [0.15, 0.2) is 12.3 Å². The average molecular weight is 223 g/mol. The van der Waals surface area contributed by atoms with Gasteiger partial charge in [0, 0.05) is 30.6 Å². The predicted octanol–water partition coefficient (Wildman–Crippen LogP) is -0.271. The van der Waals surface area contributed by atoms with Gasteiger partial charge in [-0.05, 0) is 6.07 Å². The molecule has 2 rings (SSSR count). The number of carboxylic acids is 1.